The molecule has 156 valence electrons. The zero-order chi connectivity index (χ0) is 21.2. The molecule has 0 bridgehead atoms. The Balaban J connectivity index is 1.55. The van der Waals surface area contributed by atoms with Gasteiger partial charge in [0, 0.05) is 24.3 Å². The highest BCUT2D eigenvalue weighted by atomic mass is 19.1. The summed E-state index contributed by atoms with van der Waals surface area (Å²) in [5, 5.41) is 12.8. The van der Waals surface area contributed by atoms with Crippen LogP contribution in [-0.4, -0.2) is 45.8 Å². The van der Waals surface area contributed by atoms with Crippen LogP contribution in [0.1, 0.15) is 44.6 Å². The first-order valence-corrected chi connectivity index (χ1v) is 9.54. The number of fused-ring (bicyclic) bond motifs is 2. The van der Waals surface area contributed by atoms with Gasteiger partial charge < -0.3 is 24.6 Å². The lowest BCUT2D eigenvalue weighted by molar-refractivity contribution is -0.0124. The molecule has 1 aromatic carbocycles. The maximum Gasteiger partial charge on any atom is 0.276 e. The highest BCUT2D eigenvalue weighted by molar-refractivity contribution is 6.00. The number of rotatable bonds is 3. The van der Waals surface area contributed by atoms with Gasteiger partial charge in [-0.3, -0.25) is 14.4 Å². The summed E-state index contributed by atoms with van der Waals surface area (Å²) in [5.74, 6) is -3.84. The highest BCUT2D eigenvalue weighted by Gasteiger charge is 2.49. The number of pyridine rings is 1. The maximum atomic E-state index is 13.8. The van der Waals surface area contributed by atoms with Crippen LogP contribution in [-0.2, 0) is 17.7 Å². The summed E-state index contributed by atoms with van der Waals surface area (Å²) in [6.45, 7) is 0.239. The smallest absolute Gasteiger partial charge is 0.276 e. The van der Waals surface area contributed by atoms with Crippen LogP contribution in [0.5, 0.6) is 5.75 Å². The van der Waals surface area contributed by atoms with E-state index in [0.29, 0.717) is 31.7 Å². The molecule has 2 aromatic rings. The Morgan fingerprint density at radius 3 is 2.73 bits per heavy atom. The van der Waals surface area contributed by atoms with Crippen LogP contribution in [0.4, 0.5) is 8.78 Å². The van der Waals surface area contributed by atoms with E-state index in [2.05, 4.69) is 5.32 Å². The van der Waals surface area contributed by atoms with Crippen LogP contribution < -0.4 is 10.7 Å². The van der Waals surface area contributed by atoms with Gasteiger partial charge in [0.1, 0.15) is 17.2 Å². The van der Waals surface area contributed by atoms with Crippen molar-refractivity contribution < 1.29 is 28.2 Å². The SMILES string of the molecule is O=C(NCc1c(F)cccc1F)c1c2n3c(c(O)c1=O)C(=O)N1CCOC1C3CC2. The molecule has 3 aliphatic rings. The quantitative estimate of drug-likeness (QED) is 0.778. The fourth-order valence-corrected chi connectivity index (χ4v) is 4.58. The molecule has 0 saturated carbocycles. The second-order valence-corrected chi connectivity index (χ2v) is 7.47. The molecule has 1 aromatic heterocycles. The predicted molar refractivity (Wildman–Crippen MR) is 98.0 cm³/mol. The lowest BCUT2D eigenvalue weighted by Crippen LogP contribution is -2.48. The summed E-state index contributed by atoms with van der Waals surface area (Å²) in [4.78, 5) is 39.9. The van der Waals surface area contributed by atoms with Gasteiger partial charge in [0.15, 0.2) is 17.7 Å². The van der Waals surface area contributed by atoms with E-state index in [1.54, 1.807) is 0 Å². The number of halogens is 2. The lowest BCUT2D eigenvalue weighted by Gasteiger charge is -2.36. The molecule has 0 radical (unpaired) electrons. The molecule has 4 heterocycles. The van der Waals surface area contributed by atoms with Crippen molar-refractivity contribution in [1.82, 2.24) is 14.8 Å². The second kappa shape index (κ2) is 6.63. The standard InChI is InChI=1S/C20H17F2N3O5/c21-10-2-1-3-11(22)9(10)8-23-18(28)14-12-4-5-13-20-24(6-7-30-20)19(29)15(25(12)13)17(27)16(14)26/h1-3,13,20,27H,4-8H2,(H,23,28). The van der Waals surface area contributed by atoms with Crippen LogP contribution in [0.2, 0.25) is 0 Å². The van der Waals surface area contributed by atoms with Crippen LogP contribution in [0.3, 0.4) is 0 Å². The number of carbonyl (C=O) groups excluding carboxylic acids is 2. The number of hydrogen-bond donors (Lipinski definition) is 2. The molecule has 1 saturated heterocycles. The van der Waals surface area contributed by atoms with Crippen LogP contribution >= 0.6 is 0 Å². The molecule has 0 aliphatic carbocycles. The minimum atomic E-state index is -0.977. The van der Waals surface area contributed by atoms with Crippen LogP contribution in [0.15, 0.2) is 23.0 Å². The number of amides is 2. The largest absolute Gasteiger partial charge is 0.503 e. The number of ether oxygens (including phenoxy) is 1. The third kappa shape index (κ3) is 2.49. The molecule has 2 atom stereocenters. The van der Waals surface area contributed by atoms with Gasteiger partial charge in [-0.15, -0.1) is 0 Å². The third-order valence-electron chi connectivity index (χ3n) is 5.93. The first-order chi connectivity index (χ1) is 14.4. The van der Waals surface area contributed by atoms with E-state index in [4.69, 9.17) is 4.74 Å². The first kappa shape index (κ1) is 18.7. The fraction of sp³-hybridized carbons (Fsp3) is 0.350. The van der Waals surface area contributed by atoms with Gasteiger partial charge in [-0.25, -0.2) is 8.78 Å². The van der Waals surface area contributed by atoms with Crippen molar-refractivity contribution in [2.45, 2.75) is 31.7 Å². The number of aromatic nitrogens is 1. The molecule has 30 heavy (non-hydrogen) atoms. The Morgan fingerprint density at radius 2 is 2.00 bits per heavy atom. The summed E-state index contributed by atoms with van der Waals surface area (Å²) >= 11 is 0. The van der Waals surface area contributed by atoms with Crippen molar-refractivity contribution in [2.24, 2.45) is 0 Å². The molecule has 8 nitrogen and oxygen atoms in total. The summed E-state index contributed by atoms with van der Waals surface area (Å²) < 4.78 is 34.9. The van der Waals surface area contributed by atoms with E-state index in [-0.39, 0.29) is 22.9 Å². The molecule has 1 fully saturated rings. The highest BCUT2D eigenvalue weighted by Crippen LogP contribution is 2.41. The Morgan fingerprint density at radius 1 is 1.27 bits per heavy atom. The van der Waals surface area contributed by atoms with Gasteiger partial charge >= 0.3 is 0 Å². The monoisotopic (exact) mass is 417 g/mol. The normalized spacial score (nSPS) is 21.5. The Kier molecular flexibility index (Phi) is 4.14. The van der Waals surface area contributed by atoms with Crippen LogP contribution in [0, 0.1) is 11.6 Å². The second-order valence-electron chi connectivity index (χ2n) is 7.47. The Hall–Kier alpha value is -3.27. The zero-order valence-electron chi connectivity index (χ0n) is 15.7. The molecular weight excluding hydrogens is 400 g/mol. The molecule has 0 spiro atoms. The predicted octanol–water partition coefficient (Wildman–Crippen LogP) is 1.06. The van der Waals surface area contributed by atoms with E-state index in [9.17, 15) is 28.3 Å². The molecule has 2 unspecified atom stereocenters. The van der Waals surface area contributed by atoms with E-state index in [1.165, 1.54) is 15.5 Å². The lowest BCUT2D eigenvalue weighted by atomic mass is 10.1. The number of aromatic hydroxyl groups is 1. The van der Waals surface area contributed by atoms with Gasteiger partial charge in [0.25, 0.3) is 11.8 Å². The fourth-order valence-electron chi connectivity index (χ4n) is 4.58. The minimum absolute atomic E-state index is 0.143. The van der Waals surface area contributed by atoms with Gasteiger partial charge in [0.2, 0.25) is 5.43 Å². The minimum Gasteiger partial charge on any atom is -0.503 e. The van der Waals surface area contributed by atoms with Crippen molar-refractivity contribution in [3.05, 3.63) is 62.6 Å². The van der Waals surface area contributed by atoms with Gasteiger partial charge in [-0.05, 0) is 25.0 Å². The Labute approximate surface area is 168 Å². The van der Waals surface area contributed by atoms with Crippen molar-refractivity contribution in [3.8, 4) is 5.75 Å². The van der Waals surface area contributed by atoms with Crippen molar-refractivity contribution >= 4 is 11.8 Å². The van der Waals surface area contributed by atoms with Crippen LogP contribution in [0.25, 0.3) is 0 Å². The Bertz CT molecular complexity index is 1140. The molecular formula is C20H17F2N3O5. The van der Waals surface area contributed by atoms with E-state index in [0.717, 1.165) is 12.1 Å². The number of nitrogens with one attached hydrogen (secondary N) is 1. The first-order valence-electron chi connectivity index (χ1n) is 9.54. The molecule has 2 N–H and O–H groups in total. The van der Waals surface area contributed by atoms with Gasteiger partial charge in [0.05, 0.1) is 12.6 Å². The summed E-state index contributed by atoms with van der Waals surface area (Å²) in [6.07, 6.45) is 0.328. The van der Waals surface area contributed by atoms with E-state index in [1.807, 2.05) is 0 Å². The van der Waals surface area contributed by atoms with E-state index < -0.39 is 47.4 Å². The third-order valence-corrected chi connectivity index (χ3v) is 5.93. The molecule has 10 heteroatoms. The van der Waals surface area contributed by atoms with Gasteiger partial charge in [-0.1, -0.05) is 6.07 Å². The molecule has 5 rings (SSSR count). The molecule has 2 amide bonds. The number of benzene rings is 1. The number of nitrogens with zero attached hydrogens (tertiary/aromatic N) is 2. The van der Waals surface area contributed by atoms with Crippen molar-refractivity contribution in [2.75, 3.05) is 13.2 Å². The number of hydrogen-bond acceptors (Lipinski definition) is 5. The summed E-state index contributed by atoms with van der Waals surface area (Å²) in [6, 6.07) is 3.01. The summed E-state index contributed by atoms with van der Waals surface area (Å²) in [7, 11) is 0. The van der Waals surface area contributed by atoms with Crippen molar-refractivity contribution in [3.63, 3.8) is 0 Å². The van der Waals surface area contributed by atoms with Gasteiger partial charge in [-0.2, -0.15) is 0 Å². The summed E-state index contributed by atoms with van der Waals surface area (Å²) in [5.41, 5.74) is -1.47. The average Bonchev–Trinajstić information content (AvgIpc) is 3.35. The maximum absolute atomic E-state index is 13.8. The zero-order valence-corrected chi connectivity index (χ0v) is 15.7. The average molecular weight is 417 g/mol. The van der Waals surface area contributed by atoms with E-state index >= 15 is 0 Å². The van der Waals surface area contributed by atoms with Crippen molar-refractivity contribution in [1.29, 1.82) is 0 Å². The number of carbonyl (C=O) groups is 2. The topological polar surface area (TPSA) is 101 Å². The molecule has 3 aliphatic heterocycles.